The Morgan fingerprint density at radius 2 is 2.15 bits per heavy atom. The lowest BCUT2D eigenvalue weighted by Crippen LogP contribution is -2.00. The van der Waals surface area contributed by atoms with Crippen molar-refractivity contribution in [3.8, 4) is 11.4 Å². The largest absolute Gasteiger partial charge is 0.483 e. The molecule has 0 amide bonds. The van der Waals surface area contributed by atoms with Crippen molar-refractivity contribution >= 4 is 18.4 Å². The zero-order chi connectivity index (χ0) is 15.1. The number of benzene rings is 1. The number of carboxylic acid groups (broad SMARTS) is 2. The molecule has 0 bridgehead atoms. The highest BCUT2D eigenvalue weighted by atomic mass is 16.4. The monoisotopic (exact) mass is 278 g/mol. The van der Waals surface area contributed by atoms with E-state index in [2.05, 4.69) is 10.1 Å². The normalized spacial score (nSPS) is 9.45. The molecule has 1 aromatic carbocycles. The summed E-state index contributed by atoms with van der Waals surface area (Å²) in [6.45, 7) is -0.250. The summed E-state index contributed by atoms with van der Waals surface area (Å²) in [5.74, 6) is -0.0449. The zero-order valence-corrected chi connectivity index (χ0v) is 10.7. The molecule has 8 nitrogen and oxygen atoms in total. The lowest BCUT2D eigenvalue weighted by Gasteiger charge is -1.99. The van der Waals surface area contributed by atoms with E-state index < -0.39 is 5.97 Å². The molecule has 4 N–H and O–H groups in total. The molecule has 106 valence electrons. The Morgan fingerprint density at radius 1 is 1.50 bits per heavy atom. The number of nitrogen functional groups attached to an aromatic ring is 1. The minimum atomic E-state index is -0.865. The minimum absolute atomic E-state index is 0.0177. The van der Waals surface area contributed by atoms with Crippen LogP contribution in [0.2, 0.25) is 0 Å². The molecule has 0 unspecified atom stereocenters. The van der Waals surface area contributed by atoms with E-state index in [0.717, 1.165) is 5.56 Å². The fraction of sp³-hybridized carbons (Fsp3) is 0.167. The molecule has 1 aromatic heterocycles. The van der Waals surface area contributed by atoms with Gasteiger partial charge in [0.1, 0.15) is 0 Å². The summed E-state index contributed by atoms with van der Waals surface area (Å²) in [6.07, 6.45) is -0.0177. The number of rotatable bonds is 3. The van der Waals surface area contributed by atoms with Gasteiger partial charge >= 0.3 is 5.97 Å². The molecule has 0 aliphatic rings. The standard InChI is InChI=1S/C11H12N4O2.CH2O2/c1-15-11(12)13-10(14-15)8-4-2-3-7(5-8)6-9(16)17;2-1-3/h2-5H,6H2,1H3,(H,16,17)(H2,12,13,14);1H,(H,2,3). The Morgan fingerprint density at radius 3 is 2.65 bits per heavy atom. The van der Waals surface area contributed by atoms with Gasteiger partial charge in [-0.3, -0.25) is 9.59 Å². The molecular weight excluding hydrogens is 264 g/mol. The molecule has 0 radical (unpaired) electrons. The molecule has 0 saturated heterocycles. The van der Waals surface area contributed by atoms with Gasteiger partial charge in [-0.25, -0.2) is 4.68 Å². The van der Waals surface area contributed by atoms with E-state index in [1.165, 1.54) is 4.68 Å². The lowest BCUT2D eigenvalue weighted by atomic mass is 10.1. The second-order valence-corrected chi connectivity index (χ2v) is 3.79. The fourth-order valence-corrected chi connectivity index (χ4v) is 1.51. The first kappa shape index (κ1) is 15.2. The van der Waals surface area contributed by atoms with Gasteiger partial charge < -0.3 is 15.9 Å². The van der Waals surface area contributed by atoms with Crippen LogP contribution in [0.3, 0.4) is 0 Å². The van der Waals surface area contributed by atoms with Gasteiger partial charge in [-0.05, 0) is 11.6 Å². The number of nitrogens with two attached hydrogens (primary N) is 1. The van der Waals surface area contributed by atoms with E-state index in [1.54, 1.807) is 25.2 Å². The van der Waals surface area contributed by atoms with E-state index in [4.69, 9.17) is 20.7 Å². The summed E-state index contributed by atoms with van der Waals surface area (Å²) in [7, 11) is 1.70. The number of carbonyl (C=O) groups is 2. The summed E-state index contributed by atoms with van der Waals surface area (Å²) in [5.41, 5.74) is 7.06. The van der Waals surface area contributed by atoms with Crippen LogP contribution in [-0.2, 0) is 23.1 Å². The van der Waals surface area contributed by atoms with Gasteiger partial charge in [-0.1, -0.05) is 18.2 Å². The van der Waals surface area contributed by atoms with Crippen molar-refractivity contribution in [3.05, 3.63) is 29.8 Å². The predicted molar refractivity (Wildman–Crippen MR) is 70.9 cm³/mol. The number of anilines is 1. The second-order valence-electron chi connectivity index (χ2n) is 3.79. The quantitative estimate of drug-likeness (QED) is 0.692. The zero-order valence-electron chi connectivity index (χ0n) is 10.7. The molecule has 20 heavy (non-hydrogen) atoms. The SMILES string of the molecule is Cn1nc(-c2cccc(CC(=O)O)c2)nc1N.O=CO. The maximum Gasteiger partial charge on any atom is 0.307 e. The van der Waals surface area contributed by atoms with Crippen LogP contribution in [0.4, 0.5) is 5.95 Å². The summed E-state index contributed by atoms with van der Waals surface area (Å²) >= 11 is 0. The molecule has 0 aliphatic carbocycles. The molecule has 0 fully saturated rings. The van der Waals surface area contributed by atoms with Crippen LogP contribution < -0.4 is 5.73 Å². The van der Waals surface area contributed by atoms with Crippen LogP contribution in [0.25, 0.3) is 11.4 Å². The van der Waals surface area contributed by atoms with Crippen LogP contribution in [0.5, 0.6) is 0 Å². The van der Waals surface area contributed by atoms with E-state index in [-0.39, 0.29) is 12.9 Å². The van der Waals surface area contributed by atoms with Gasteiger partial charge in [0.25, 0.3) is 6.47 Å². The van der Waals surface area contributed by atoms with Crippen LogP contribution in [0.15, 0.2) is 24.3 Å². The van der Waals surface area contributed by atoms with E-state index >= 15 is 0 Å². The van der Waals surface area contributed by atoms with Crippen molar-refractivity contribution in [2.45, 2.75) is 6.42 Å². The third-order valence-corrected chi connectivity index (χ3v) is 2.34. The molecule has 0 atom stereocenters. The van der Waals surface area contributed by atoms with Gasteiger partial charge in [-0.2, -0.15) is 4.98 Å². The number of aromatic nitrogens is 3. The Bertz CT molecular complexity index is 590. The summed E-state index contributed by atoms with van der Waals surface area (Å²) in [6, 6.07) is 7.10. The highest BCUT2D eigenvalue weighted by molar-refractivity contribution is 5.71. The van der Waals surface area contributed by atoms with Crippen molar-refractivity contribution in [1.82, 2.24) is 14.8 Å². The summed E-state index contributed by atoms with van der Waals surface area (Å²) in [4.78, 5) is 23.1. The average molecular weight is 278 g/mol. The van der Waals surface area contributed by atoms with E-state index in [1.807, 2.05) is 6.07 Å². The number of hydrogen-bond acceptors (Lipinski definition) is 5. The van der Waals surface area contributed by atoms with Crippen molar-refractivity contribution in [3.63, 3.8) is 0 Å². The van der Waals surface area contributed by atoms with Crippen LogP contribution in [0.1, 0.15) is 5.56 Å². The van der Waals surface area contributed by atoms with Gasteiger partial charge in [0.15, 0.2) is 5.82 Å². The Labute approximate surface area is 114 Å². The van der Waals surface area contributed by atoms with E-state index in [9.17, 15) is 4.79 Å². The third kappa shape index (κ3) is 4.09. The molecule has 0 saturated carbocycles. The maximum absolute atomic E-state index is 10.6. The maximum atomic E-state index is 10.6. The molecule has 0 aliphatic heterocycles. The molecule has 1 heterocycles. The third-order valence-electron chi connectivity index (χ3n) is 2.34. The van der Waals surface area contributed by atoms with Crippen LogP contribution >= 0.6 is 0 Å². The molecule has 2 aromatic rings. The number of hydrogen-bond donors (Lipinski definition) is 3. The second kappa shape index (κ2) is 6.88. The van der Waals surface area contributed by atoms with Crippen LogP contribution in [-0.4, -0.2) is 37.4 Å². The smallest absolute Gasteiger partial charge is 0.307 e. The van der Waals surface area contributed by atoms with Crippen molar-refractivity contribution in [1.29, 1.82) is 0 Å². The van der Waals surface area contributed by atoms with Gasteiger partial charge in [-0.15, -0.1) is 5.10 Å². The number of aliphatic carboxylic acids is 1. The fourth-order valence-electron chi connectivity index (χ4n) is 1.51. The topological polar surface area (TPSA) is 131 Å². The highest BCUT2D eigenvalue weighted by Gasteiger charge is 2.08. The number of carboxylic acids is 1. The van der Waals surface area contributed by atoms with Crippen LogP contribution in [0, 0.1) is 0 Å². The first-order valence-electron chi connectivity index (χ1n) is 5.53. The molecular formula is C12H14N4O4. The van der Waals surface area contributed by atoms with Gasteiger partial charge in [0.05, 0.1) is 6.42 Å². The molecule has 8 heteroatoms. The minimum Gasteiger partial charge on any atom is -0.483 e. The lowest BCUT2D eigenvalue weighted by molar-refractivity contribution is -0.136. The Hall–Kier alpha value is -2.90. The summed E-state index contributed by atoms with van der Waals surface area (Å²) < 4.78 is 1.47. The number of aryl methyl sites for hydroxylation is 1. The van der Waals surface area contributed by atoms with Crippen molar-refractivity contribution in [2.24, 2.45) is 7.05 Å². The molecule has 0 spiro atoms. The average Bonchev–Trinajstić information content (AvgIpc) is 2.70. The van der Waals surface area contributed by atoms with Gasteiger partial charge in [0.2, 0.25) is 5.95 Å². The van der Waals surface area contributed by atoms with E-state index in [0.29, 0.717) is 17.3 Å². The Balaban J connectivity index is 0.000000612. The van der Waals surface area contributed by atoms with Crippen molar-refractivity contribution in [2.75, 3.05) is 5.73 Å². The first-order chi connectivity index (χ1) is 9.47. The highest BCUT2D eigenvalue weighted by Crippen LogP contribution is 2.17. The predicted octanol–water partition coefficient (Wildman–Crippen LogP) is 0.392. The first-order valence-corrected chi connectivity index (χ1v) is 5.53. The van der Waals surface area contributed by atoms with Crippen molar-refractivity contribution < 1.29 is 19.8 Å². The Kier molecular flexibility index (Phi) is 5.21. The molecule has 2 rings (SSSR count). The summed E-state index contributed by atoms with van der Waals surface area (Å²) in [5, 5.41) is 19.7. The van der Waals surface area contributed by atoms with Gasteiger partial charge in [0, 0.05) is 12.6 Å². The number of nitrogens with zero attached hydrogens (tertiary/aromatic N) is 3.